The van der Waals surface area contributed by atoms with Crippen molar-refractivity contribution in [2.24, 2.45) is 4.99 Å². The van der Waals surface area contributed by atoms with Crippen LogP contribution in [0.4, 0.5) is 11.4 Å². The molecule has 4 rings (SSSR count). The number of nitrogens with zero attached hydrogens (tertiary/aromatic N) is 2. The number of hydrogen-bond acceptors (Lipinski definition) is 4. The average Bonchev–Trinajstić information content (AvgIpc) is 2.64. The first-order valence-electron chi connectivity index (χ1n) is 9.09. The quantitative estimate of drug-likeness (QED) is 0.369. The summed E-state index contributed by atoms with van der Waals surface area (Å²) in [6.45, 7) is 0.760. The summed E-state index contributed by atoms with van der Waals surface area (Å²) in [7, 11) is 0. The van der Waals surface area contributed by atoms with Gasteiger partial charge in [-0.2, -0.15) is 0 Å². The molecule has 1 fully saturated rings. The molecule has 0 radical (unpaired) electrons. The van der Waals surface area contributed by atoms with Gasteiger partial charge in [0.2, 0.25) is 0 Å². The van der Waals surface area contributed by atoms with Gasteiger partial charge in [-0.05, 0) is 87.4 Å². The fourth-order valence-electron chi connectivity index (χ4n) is 3.95. The zero-order valence-electron chi connectivity index (χ0n) is 14.9. The molecule has 0 bridgehead atoms. The molecule has 1 saturated carbocycles. The van der Waals surface area contributed by atoms with Crippen molar-refractivity contribution in [1.29, 1.82) is 0 Å². The highest BCUT2D eigenvalue weighted by molar-refractivity contribution is 9.11. The summed E-state index contributed by atoms with van der Waals surface area (Å²) >= 11 is 14.4. The number of aliphatic hydroxyl groups is 1. The molecule has 2 aromatic rings. The van der Waals surface area contributed by atoms with Crippen molar-refractivity contribution in [3.63, 3.8) is 0 Å². The molecule has 0 aromatic heterocycles. The van der Waals surface area contributed by atoms with E-state index in [2.05, 4.69) is 74.7 Å². The lowest BCUT2D eigenvalue weighted by Gasteiger charge is -2.40. The van der Waals surface area contributed by atoms with Crippen molar-refractivity contribution in [3.05, 3.63) is 53.3 Å². The number of hydrogen-bond donors (Lipinski definition) is 2. The lowest BCUT2D eigenvalue weighted by Crippen LogP contribution is -2.44. The first kappa shape index (κ1) is 20.8. The third-order valence-corrected chi connectivity index (χ3v) is 7.56. The molecular formula is C20H19Br4N3O. The molecule has 3 N–H and O–H groups in total. The Morgan fingerprint density at radius 3 is 2.29 bits per heavy atom. The van der Waals surface area contributed by atoms with Gasteiger partial charge in [0, 0.05) is 36.0 Å². The van der Waals surface area contributed by atoms with E-state index in [1.54, 1.807) is 0 Å². The molecule has 148 valence electrons. The van der Waals surface area contributed by atoms with E-state index < -0.39 is 0 Å². The maximum Gasteiger partial charge on any atom is 0.139 e. The summed E-state index contributed by atoms with van der Waals surface area (Å²) in [5.41, 5.74) is 10.1. The summed E-state index contributed by atoms with van der Waals surface area (Å²) in [5.74, 6) is 0.886. The van der Waals surface area contributed by atoms with Crippen molar-refractivity contribution < 1.29 is 5.11 Å². The molecule has 0 unspecified atom stereocenters. The minimum absolute atomic E-state index is 0.193. The normalized spacial score (nSPS) is 22.0. The van der Waals surface area contributed by atoms with Crippen LogP contribution in [0.3, 0.4) is 0 Å². The fraction of sp³-hybridized carbons (Fsp3) is 0.350. The number of anilines is 1. The first-order valence-corrected chi connectivity index (χ1v) is 12.3. The lowest BCUT2D eigenvalue weighted by atomic mass is 9.90. The SMILES string of the molecule is Nc1c(Br)cc(Br)cc1C1=Nc2c(Br)cc(Br)cc2CN1C1CCC(O)CC1. The second kappa shape index (κ2) is 8.38. The van der Waals surface area contributed by atoms with E-state index >= 15 is 0 Å². The van der Waals surface area contributed by atoms with Gasteiger partial charge in [-0.15, -0.1) is 0 Å². The van der Waals surface area contributed by atoms with Crippen LogP contribution in [0, 0.1) is 0 Å². The van der Waals surface area contributed by atoms with Gasteiger partial charge < -0.3 is 15.7 Å². The van der Waals surface area contributed by atoms with Crippen LogP contribution >= 0.6 is 63.7 Å². The first-order chi connectivity index (χ1) is 13.3. The average molecular weight is 637 g/mol. The highest BCUT2D eigenvalue weighted by Gasteiger charge is 2.32. The Morgan fingerprint density at radius 2 is 1.57 bits per heavy atom. The van der Waals surface area contributed by atoms with Crippen molar-refractivity contribution >= 4 is 80.9 Å². The maximum absolute atomic E-state index is 9.96. The molecule has 0 saturated heterocycles. The van der Waals surface area contributed by atoms with Crippen molar-refractivity contribution in [1.82, 2.24) is 4.90 Å². The number of aliphatic imine (C=N–C) groups is 1. The lowest BCUT2D eigenvalue weighted by molar-refractivity contribution is 0.0949. The number of benzene rings is 2. The molecule has 1 heterocycles. The molecule has 0 spiro atoms. The van der Waals surface area contributed by atoms with Crippen LogP contribution in [-0.2, 0) is 6.54 Å². The molecule has 2 aromatic carbocycles. The minimum atomic E-state index is -0.193. The van der Waals surface area contributed by atoms with Gasteiger partial charge in [0.05, 0.1) is 17.5 Å². The standard InChI is InChI=1S/C20H19Br4N3O/c21-11-5-10-9-27(13-1-3-14(28)4-2-13)20(26-19(10)17(24)8-11)15-6-12(22)7-16(23)18(15)25/h5-8,13-14,28H,1-4,9,25H2. The van der Waals surface area contributed by atoms with Gasteiger partial charge in [-0.1, -0.05) is 31.9 Å². The Hall–Kier alpha value is -0.410. The molecule has 1 aliphatic heterocycles. The van der Waals surface area contributed by atoms with Crippen molar-refractivity contribution in [3.8, 4) is 0 Å². The molecule has 4 nitrogen and oxygen atoms in total. The van der Waals surface area contributed by atoms with Crippen LogP contribution in [0.15, 0.2) is 47.1 Å². The molecule has 2 aliphatic rings. The van der Waals surface area contributed by atoms with Crippen LogP contribution in [0.2, 0.25) is 0 Å². The minimum Gasteiger partial charge on any atom is -0.397 e. The number of amidine groups is 1. The number of aliphatic hydroxyl groups excluding tert-OH is 1. The predicted octanol–water partition coefficient (Wildman–Crippen LogP) is 6.52. The van der Waals surface area contributed by atoms with Gasteiger partial charge in [0.15, 0.2) is 0 Å². The van der Waals surface area contributed by atoms with E-state index in [9.17, 15) is 5.11 Å². The van der Waals surface area contributed by atoms with E-state index in [0.29, 0.717) is 11.7 Å². The number of nitrogen functional groups attached to an aromatic ring is 1. The van der Waals surface area contributed by atoms with E-state index in [1.165, 1.54) is 5.56 Å². The predicted molar refractivity (Wildman–Crippen MR) is 128 cm³/mol. The molecule has 0 amide bonds. The molecule has 1 aliphatic carbocycles. The summed E-state index contributed by atoms with van der Waals surface area (Å²) in [6.07, 6.45) is 3.34. The maximum atomic E-state index is 9.96. The van der Waals surface area contributed by atoms with E-state index in [0.717, 1.165) is 67.2 Å². The highest BCUT2D eigenvalue weighted by Crippen LogP contribution is 2.41. The van der Waals surface area contributed by atoms with Crippen molar-refractivity contribution in [2.75, 3.05) is 5.73 Å². The molecular weight excluding hydrogens is 618 g/mol. The molecule has 0 atom stereocenters. The third kappa shape index (κ3) is 4.08. The molecule has 8 heteroatoms. The van der Waals surface area contributed by atoms with E-state index in [4.69, 9.17) is 10.7 Å². The summed E-state index contributed by atoms with van der Waals surface area (Å²) in [6, 6.07) is 8.45. The monoisotopic (exact) mass is 633 g/mol. The van der Waals surface area contributed by atoms with E-state index in [-0.39, 0.29) is 6.10 Å². The van der Waals surface area contributed by atoms with Gasteiger partial charge >= 0.3 is 0 Å². The Bertz CT molecular complexity index is 955. The third-order valence-electron chi connectivity index (χ3n) is 5.38. The summed E-state index contributed by atoms with van der Waals surface area (Å²) in [5, 5.41) is 9.96. The van der Waals surface area contributed by atoms with Crippen LogP contribution in [-0.4, -0.2) is 28.0 Å². The Kier molecular flexibility index (Phi) is 6.24. The smallest absolute Gasteiger partial charge is 0.139 e. The Labute approximate surface area is 198 Å². The zero-order chi connectivity index (χ0) is 20.0. The van der Waals surface area contributed by atoms with Gasteiger partial charge in [0.1, 0.15) is 5.84 Å². The largest absolute Gasteiger partial charge is 0.397 e. The topological polar surface area (TPSA) is 61.8 Å². The second-order valence-electron chi connectivity index (χ2n) is 7.27. The van der Waals surface area contributed by atoms with Gasteiger partial charge in [-0.25, -0.2) is 4.99 Å². The van der Waals surface area contributed by atoms with Crippen molar-refractivity contribution in [2.45, 2.75) is 44.4 Å². The van der Waals surface area contributed by atoms with Crippen LogP contribution in [0.5, 0.6) is 0 Å². The molecule has 28 heavy (non-hydrogen) atoms. The van der Waals surface area contributed by atoms with Crippen LogP contribution in [0.1, 0.15) is 36.8 Å². The number of fused-ring (bicyclic) bond motifs is 1. The van der Waals surface area contributed by atoms with Crippen LogP contribution in [0.25, 0.3) is 0 Å². The Balaban J connectivity index is 1.86. The number of rotatable bonds is 2. The van der Waals surface area contributed by atoms with Crippen LogP contribution < -0.4 is 5.73 Å². The highest BCUT2D eigenvalue weighted by atomic mass is 79.9. The summed E-state index contributed by atoms with van der Waals surface area (Å²) < 4.78 is 3.78. The van der Waals surface area contributed by atoms with Gasteiger partial charge in [-0.3, -0.25) is 0 Å². The van der Waals surface area contributed by atoms with E-state index in [1.807, 2.05) is 18.2 Å². The second-order valence-corrected chi connectivity index (χ2v) is 10.8. The summed E-state index contributed by atoms with van der Waals surface area (Å²) in [4.78, 5) is 7.42. The fourth-order valence-corrected chi connectivity index (χ4v) is 6.58. The zero-order valence-corrected chi connectivity index (χ0v) is 21.3. The number of halogens is 4. The number of nitrogens with two attached hydrogens (primary N) is 1. The Morgan fingerprint density at radius 1 is 0.929 bits per heavy atom. The van der Waals surface area contributed by atoms with Gasteiger partial charge in [0.25, 0.3) is 0 Å².